The van der Waals surface area contributed by atoms with Gasteiger partial charge in [-0.05, 0) is 85.7 Å². The van der Waals surface area contributed by atoms with Gasteiger partial charge in [0.1, 0.15) is 0 Å². The molecule has 2 aromatic rings. The number of hydrogen-bond donors (Lipinski definition) is 1. The van der Waals surface area contributed by atoms with Gasteiger partial charge in [0.2, 0.25) is 0 Å². The largest absolute Gasteiger partial charge is 0.330 e. The number of hydrogen-bond acceptors (Lipinski definition) is 2. The number of aryl methyl sites for hydroxylation is 2. The molecule has 1 aliphatic carbocycles. The molecule has 128 valence electrons. The summed E-state index contributed by atoms with van der Waals surface area (Å²) in [7, 11) is 0. The number of rotatable bonds is 7. The summed E-state index contributed by atoms with van der Waals surface area (Å²) in [5, 5.41) is 0. The number of nitrogens with two attached hydrogens (primary N) is 1. The van der Waals surface area contributed by atoms with Crippen LogP contribution in [0.25, 0.3) is 0 Å². The summed E-state index contributed by atoms with van der Waals surface area (Å²) >= 11 is 0. The highest BCUT2D eigenvalue weighted by Gasteiger charge is 2.20. The smallest absolute Gasteiger partial charge is 0.0403 e. The van der Waals surface area contributed by atoms with E-state index < -0.39 is 0 Å². The molecule has 3 rings (SSSR count). The molecule has 0 bridgehead atoms. The minimum absolute atomic E-state index is 0.530. The first kappa shape index (κ1) is 17.2. The fourth-order valence-electron chi connectivity index (χ4n) is 4.02. The Bertz CT molecular complexity index is 636. The second-order valence-electron chi connectivity index (χ2n) is 7.22. The standard InChI is InChI=1S/C22H30N2/c1-2-5-21(16-23)20-11-10-18-14-17(7-9-19(18)15-20)8-12-22-6-3-4-13-24-22/h3-4,6,10-11,13,15,17,21H,2,5,7-9,12,14,16,23H2,1H3/t17-,21?/m1/s1. The van der Waals surface area contributed by atoms with Crippen molar-refractivity contribution in [2.24, 2.45) is 11.7 Å². The average Bonchev–Trinajstić information content (AvgIpc) is 2.64. The van der Waals surface area contributed by atoms with Crippen molar-refractivity contribution in [3.8, 4) is 0 Å². The van der Waals surface area contributed by atoms with Crippen molar-refractivity contribution in [2.45, 2.75) is 57.8 Å². The maximum absolute atomic E-state index is 5.98. The highest BCUT2D eigenvalue weighted by atomic mass is 14.7. The third kappa shape index (κ3) is 4.24. The molecule has 0 spiro atoms. The molecule has 0 saturated heterocycles. The second kappa shape index (κ2) is 8.43. The van der Waals surface area contributed by atoms with E-state index in [1.165, 1.54) is 49.8 Å². The van der Waals surface area contributed by atoms with Crippen LogP contribution < -0.4 is 5.73 Å². The van der Waals surface area contributed by atoms with Crippen LogP contribution in [-0.2, 0) is 19.3 Å². The zero-order chi connectivity index (χ0) is 16.8. The van der Waals surface area contributed by atoms with E-state index in [1.54, 1.807) is 11.1 Å². The monoisotopic (exact) mass is 322 g/mol. The molecule has 1 unspecified atom stereocenters. The highest BCUT2D eigenvalue weighted by molar-refractivity contribution is 5.36. The summed E-state index contributed by atoms with van der Waals surface area (Å²) in [6.07, 6.45) is 10.4. The van der Waals surface area contributed by atoms with Gasteiger partial charge in [0, 0.05) is 11.9 Å². The van der Waals surface area contributed by atoms with Gasteiger partial charge in [-0.1, -0.05) is 37.6 Å². The summed E-state index contributed by atoms with van der Waals surface area (Å²) in [5.41, 5.74) is 11.8. The summed E-state index contributed by atoms with van der Waals surface area (Å²) in [6.45, 7) is 3.01. The first-order valence-corrected chi connectivity index (χ1v) is 9.51. The molecule has 0 aliphatic heterocycles. The van der Waals surface area contributed by atoms with Crippen LogP contribution in [0.15, 0.2) is 42.6 Å². The lowest BCUT2D eigenvalue weighted by Crippen LogP contribution is -2.17. The van der Waals surface area contributed by atoms with Crippen LogP contribution in [0.5, 0.6) is 0 Å². The van der Waals surface area contributed by atoms with Gasteiger partial charge in [0.15, 0.2) is 0 Å². The van der Waals surface area contributed by atoms with E-state index in [9.17, 15) is 0 Å². The molecular formula is C22H30N2. The fourth-order valence-corrected chi connectivity index (χ4v) is 4.02. The van der Waals surface area contributed by atoms with Gasteiger partial charge in [-0.15, -0.1) is 0 Å². The Morgan fingerprint density at radius 2 is 2.12 bits per heavy atom. The van der Waals surface area contributed by atoms with E-state index in [0.29, 0.717) is 5.92 Å². The minimum Gasteiger partial charge on any atom is -0.330 e. The van der Waals surface area contributed by atoms with Crippen LogP contribution in [0.2, 0.25) is 0 Å². The molecule has 0 saturated carbocycles. The van der Waals surface area contributed by atoms with Crippen LogP contribution in [0.4, 0.5) is 0 Å². The molecule has 1 aromatic heterocycles. The molecule has 2 atom stereocenters. The second-order valence-corrected chi connectivity index (χ2v) is 7.22. The summed E-state index contributed by atoms with van der Waals surface area (Å²) in [6, 6.07) is 13.4. The van der Waals surface area contributed by atoms with Gasteiger partial charge < -0.3 is 5.73 Å². The van der Waals surface area contributed by atoms with Crippen molar-refractivity contribution in [1.82, 2.24) is 4.98 Å². The lowest BCUT2D eigenvalue weighted by Gasteiger charge is -2.26. The lowest BCUT2D eigenvalue weighted by molar-refractivity contribution is 0.425. The predicted molar refractivity (Wildman–Crippen MR) is 101 cm³/mol. The van der Waals surface area contributed by atoms with Gasteiger partial charge in [-0.2, -0.15) is 0 Å². The van der Waals surface area contributed by atoms with Gasteiger partial charge in [-0.3, -0.25) is 4.98 Å². The predicted octanol–water partition coefficient (Wildman–Crippen LogP) is 4.66. The molecule has 0 fully saturated rings. The molecular weight excluding hydrogens is 292 g/mol. The van der Waals surface area contributed by atoms with Crippen molar-refractivity contribution in [3.05, 3.63) is 65.0 Å². The van der Waals surface area contributed by atoms with Crippen molar-refractivity contribution in [1.29, 1.82) is 0 Å². The zero-order valence-electron chi connectivity index (χ0n) is 14.9. The van der Waals surface area contributed by atoms with Gasteiger partial charge in [-0.25, -0.2) is 0 Å². The van der Waals surface area contributed by atoms with Crippen LogP contribution >= 0.6 is 0 Å². The topological polar surface area (TPSA) is 38.9 Å². The van der Waals surface area contributed by atoms with E-state index in [2.05, 4.69) is 42.2 Å². The van der Waals surface area contributed by atoms with Crippen LogP contribution in [0, 0.1) is 5.92 Å². The number of aromatic nitrogens is 1. The van der Waals surface area contributed by atoms with E-state index in [0.717, 1.165) is 18.9 Å². The molecule has 2 heteroatoms. The zero-order valence-corrected chi connectivity index (χ0v) is 14.9. The lowest BCUT2D eigenvalue weighted by atomic mass is 9.79. The summed E-state index contributed by atoms with van der Waals surface area (Å²) in [5.74, 6) is 1.33. The van der Waals surface area contributed by atoms with Gasteiger partial charge in [0.05, 0.1) is 0 Å². The molecule has 2 nitrogen and oxygen atoms in total. The molecule has 1 aromatic carbocycles. The molecule has 24 heavy (non-hydrogen) atoms. The Kier molecular flexibility index (Phi) is 6.03. The first-order chi connectivity index (χ1) is 11.8. The SMILES string of the molecule is CCCC(CN)c1ccc2c(c1)CC[C@H](CCc1ccccn1)C2. The maximum Gasteiger partial charge on any atom is 0.0403 e. The van der Waals surface area contributed by atoms with E-state index in [-0.39, 0.29) is 0 Å². The fraction of sp³-hybridized carbons (Fsp3) is 0.500. The number of pyridine rings is 1. The quantitative estimate of drug-likeness (QED) is 0.805. The Morgan fingerprint density at radius 3 is 2.88 bits per heavy atom. The average molecular weight is 322 g/mol. The van der Waals surface area contributed by atoms with Crippen molar-refractivity contribution in [3.63, 3.8) is 0 Å². The Balaban J connectivity index is 1.62. The molecule has 0 amide bonds. The Morgan fingerprint density at radius 1 is 1.21 bits per heavy atom. The van der Waals surface area contributed by atoms with Crippen molar-refractivity contribution in [2.75, 3.05) is 6.54 Å². The third-order valence-electron chi connectivity index (χ3n) is 5.49. The van der Waals surface area contributed by atoms with E-state index in [4.69, 9.17) is 5.73 Å². The molecule has 1 heterocycles. The van der Waals surface area contributed by atoms with Crippen molar-refractivity contribution < 1.29 is 0 Å². The maximum atomic E-state index is 5.98. The summed E-state index contributed by atoms with van der Waals surface area (Å²) in [4.78, 5) is 4.45. The van der Waals surface area contributed by atoms with Crippen LogP contribution in [-0.4, -0.2) is 11.5 Å². The number of nitrogens with zero attached hydrogens (tertiary/aromatic N) is 1. The van der Waals surface area contributed by atoms with Gasteiger partial charge in [0.25, 0.3) is 0 Å². The Hall–Kier alpha value is -1.67. The molecule has 2 N–H and O–H groups in total. The van der Waals surface area contributed by atoms with Crippen molar-refractivity contribution >= 4 is 0 Å². The van der Waals surface area contributed by atoms with E-state index in [1.807, 2.05) is 12.3 Å². The summed E-state index contributed by atoms with van der Waals surface area (Å²) < 4.78 is 0. The van der Waals surface area contributed by atoms with E-state index >= 15 is 0 Å². The molecule has 0 radical (unpaired) electrons. The minimum atomic E-state index is 0.530. The number of benzene rings is 1. The molecule has 1 aliphatic rings. The highest BCUT2D eigenvalue weighted by Crippen LogP contribution is 2.31. The van der Waals surface area contributed by atoms with Crippen LogP contribution in [0.1, 0.15) is 60.9 Å². The van der Waals surface area contributed by atoms with Gasteiger partial charge >= 0.3 is 0 Å². The number of fused-ring (bicyclic) bond motifs is 1. The first-order valence-electron chi connectivity index (χ1n) is 9.51. The van der Waals surface area contributed by atoms with Crippen LogP contribution in [0.3, 0.4) is 0 Å². The normalized spacial score (nSPS) is 18.2. The third-order valence-corrected chi connectivity index (χ3v) is 5.49. The Labute approximate surface area is 146 Å².